The molecule has 25 heavy (non-hydrogen) atoms. The standard InChI is InChI=1S/C20H32N2O3/c1-3-13-24-18-7-6-17(15-19(18)25-14-4-2)22-20(23)8-5-16-9-11-21-12-10-16/h6-7,15-16,21H,3-5,8-14H2,1-2H3,(H,22,23). The van der Waals surface area contributed by atoms with Crippen LogP contribution in [0.2, 0.25) is 0 Å². The summed E-state index contributed by atoms with van der Waals surface area (Å²) >= 11 is 0. The van der Waals surface area contributed by atoms with Crippen LogP contribution >= 0.6 is 0 Å². The Bertz CT molecular complexity index is 528. The second-order valence-corrected chi connectivity index (χ2v) is 6.64. The summed E-state index contributed by atoms with van der Waals surface area (Å²) in [6.45, 7) is 7.58. The predicted octanol–water partition coefficient (Wildman–Crippen LogP) is 3.98. The zero-order chi connectivity index (χ0) is 17.9. The van der Waals surface area contributed by atoms with Gasteiger partial charge in [0.25, 0.3) is 0 Å². The highest BCUT2D eigenvalue weighted by Crippen LogP contribution is 2.31. The van der Waals surface area contributed by atoms with Gasteiger partial charge in [-0.25, -0.2) is 0 Å². The van der Waals surface area contributed by atoms with Crippen molar-refractivity contribution in [2.24, 2.45) is 5.92 Å². The van der Waals surface area contributed by atoms with Crippen LogP contribution in [0.15, 0.2) is 18.2 Å². The Morgan fingerprint density at radius 2 is 1.80 bits per heavy atom. The lowest BCUT2D eigenvalue weighted by Gasteiger charge is -2.22. The molecule has 1 saturated heterocycles. The van der Waals surface area contributed by atoms with Gasteiger partial charge in [-0.15, -0.1) is 0 Å². The highest BCUT2D eigenvalue weighted by atomic mass is 16.5. The SMILES string of the molecule is CCCOc1ccc(NC(=O)CCC2CCNCC2)cc1OCCC. The summed E-state index contributed by atoms with van der Waals surface area (Å²) in [6.07, 6.45) is 5.76. The first-order chi connectivity index (χ1) is 12.2. The predicted molar refractivity (Wildman–Crippen MR) is 101 cm³/mol. The van der Waals surface area contributed by atoms with Crippen LogP contribution in [0.5, 0.6) is 11.5 Å². The van der Waals surface area contributed by atoms with E-state index < -0.39 is 0 Å². The van der Waals surface area contributed by atoms with Crippen molar-refractivity contribution >= 4 is 11.6 Å². The second-order valence-electron chi connectivity index (χ2n) is 6.64. The van der Waals surface area contributed by atoms with Crippen molar-refractivity contribution in [2.75, 3.05) is 31.6 Å². The van der Waals surface area contributed by atoms with Gasteiger partial charge in [0.1, 0.15) is 0 Å². The van der Waals surface area contributed by atoms with Crippen LogP contribution in [0.4, 0.5) is 5.69 Å². The van der Waals surface area contributed by atoms with E-state index in [9.17, 15) is 4.79 Å². The maximum Gasteiger partial charge on any atom is 0.224 e. The summed E-state index contributed by atoms with van der Waals surface area (Å²) in [6, 6.07) is 5.62. The Labute approximate surface area is 151 Å². The molecule has 140 valence electrons. The smallest absolute Gasteiger partial charge is 0.224 e. The quantitative estimate of drug-likeness (QED) is 0.671. The number of carbonyl (C=O) groups excluding carboxylic acids is 1. The van der Waals surface area contributed by atoms with Crippen LogP contribution in [0.25, 0.3) is 0 Å². The van der Waals surface area contributed by atoms with Crippen molar-refractivity contribution in [1.29, 1.82) is 0 Å². The molecule has 2 rings (SSSR count). The molecule has 0 unspecified atom stereocenters. The fourth-order valence-corrected chi connectivity index (χ4v) is 2.97. The van der Waals surface area contributed by atoms with Crippen LogP contribution in [-0.4, -0.2) is 32.2 Å². The van der Waals surface area contributed by atoms with E-state index in [-0.39, 0.29) is 5.91 Å². The van der Waals surface area contributed by atoms with Crippen LogP contribution in [-0.2, 0) is 4.79 Å². The highest BCUT2D eigenvalue weighted by Gasteiger charge is 2.15. The number of rotatable bonds is 10. The van der Waals surface area contributed by atoms with Gasteiger partial charge in [-0.1, -0.05) is 13.8 Å². The Kier molecular flexibility index (Phi) is 8.60. The molecule has 1 aromatic rings. The first-order valence-electron chi connectivity index (χ1n) is 9.63. The minimum absolute atomic E-state index is 0.0715. The zero-order valence-electron chi connectivity index (χ0n) is 15.6. The van der Waals surface area contributed by atoms with E-state index in [1.807, 2.05) is 18.2 Å². The summed E-state index contributed by atoms with van der Waals surface area (Å²) < 4.78 is 11.5. The molecule has 5 heteroatoms. The van der Waals surface area contributed by atoms with Crippen molar-refractivity contribution in [1.82, 2.24) is 5.32 Å². The van der Waals surface area contributed by atoms with Crippen molar-refractivity contribution in [3.05, 3.63) is 18.2 Å². The van der Waals surface area contributed by atoms with Gasteiger partial charge in [0.15, 0.2) is 11.5 Å². The minimum Gasteiger partial charge on any atom is -0.490 e. The number of nitrogens with one attached hydrogen (secondary N) is 2. The van der Waals surface area contributed by atoms with E-state index in [0.29, 0.717) is 31.3 Å². The van der Waals surface area contributed by atoms with E-state index in [0.717, 1.165) is 43.8 Å². The largest absolute Gasteiger partial charge is 0.490 e. The number of hydrogen-bond acceptors (Lipinski definition) is 4. The maximum absolute atomic E-state index is 12.2. The van der Waals surface area contributed by atoms with E-state index in [2.05, 4.69) is 24.5 Å². The van der Waals surface area contributed by atoms with Gasteiger partial charge >= 0.3 is 0 Å². The first kappa shape index (κ1) is 19.6. The molecular formula is C20H32N2O3. The molecule has 5 nitrogen and oxygen atoms in total. The summed E-state index contributed by atoms with van der Waals surface area (Å²) in [4.78, 5) is 12.2. The van der Waals surface area contributed by atoms with Crippen LogP contribution < -0.4 is 20.1 Å². The van der Waals surface area contributed by atoms with Gasteiger partial charge in [0.05, 0.1) is 13.2 Å². The lowest BCUT2D eigenvalue weighted by atomic mass is 9.93. The third-order valence-electron chi connectivity index (χ3n) is 4.39. The molecule has 0 bridgehead atoms. The maximum atomic E-state index is 12.2. The Hall–Kier alpha value is -1.75. The Morgan fingerprint density at radius 1 is 1.12 bits per heavy atom. The summed E-state index contributed by atoms with van der Waals surface area (Å²) in [5.74, 6) is 2.18. The topological polar surface area (TPSA) is 59.6 Å². The molecule has 1 aromatic carbocycles. The molecule has 0 atom stereocenters. The number of benzene rings is 1. The number of ether oxygens (including phenoxy) is 2. The molecule has 1 heterocycles. The number of piperidine rings is 1. The lowest BCUT2D eigenvalue weighted by Crippen LogP contribution is -2.28. The number of amides is 1. The molecule has 0 spiro atoms. The summed E-state index contributed by atoms with van der Waals surface area (Å²) in [7, 11) is 0. The van der Waals surface area contributed by atoms with Crippen molar-refractivity contribution in [2.45, 2.75) is 52.4 Å². The highest BCUT2D eigenvalue weighted by molar-refractivity contribution is 5.91. The third kappa shape index (κ3) is 6.94. The van der Waals surface area contributed by atoms with Crippen LogP contribution in [0, 0.1) is 5.92 Å². The molecule has 1 aliphatic heterocycles. The fraction of sp³-hybridized carbons (Fsp3) is 0.650. The van der Waals surface area contributed by atoms with Gasteiger partial charge in [0, 0.05) is 18.2 Å². The van der Waals surface area contributed by atoms with Gasteiger partial charge in [0.2, 0.25) is 5.91 Å². The summed E-state index contributed by atoms with van der Waals surface area (Å²) in [5.41, 5.74) is 0.769. The number of anilines is 1. The van der Waals surface area contributed by atoms with E-state index in [1.165, 1.54) is 12.8 Å². The molecule has 1 fully saturated rings. The van der Waals surface area contributed by atoms with E-state index in [1.54, 1.807) is 0 Å². The molecule has 0 aliphatic carbocycles. The lowest BCUT2D eigenvalue weighted by molar-refractivity contribution is -0.116. The van der Waals surface area contributed by atoms with E-state index in [4.69, 9.17) is 9.47 Å². The number of carbonyl (C=O) groups is 1. The van der Waals surface area contributed by atoms with Gasteiger partial charge in [-0.05, 0) is 63.2 Å². The van der Waals surface area contributed by atoms with E-state index >= 15 is 0 Å². The Morgan fingerprint density at radius 3 is 2.48 bits per heavy atom. The van der Waals surface area contributed by atoms with Gasteiger partial charge < -0.3 is 20.1 Å². The average Bonchev–Trinajstić information content (AvgIpc) is 2.64. The zero-order valence-corrected chi connectivity index (χ0v) is 15.6. The normalized spacial score (nSPS) is 15.0. The summed E-state index contributed by atoms with van der Waals surface area (Å²) in [5, 5.41) is 6.35. The minimum atomic E-state index is 0.0715. The van der Waals surface area contributed by atoms with Gasteiger partial charge in [-0.3, -0.25) is 4.79 Å². The van der Waals surface area contributed by atoms with Gasteiger partial charge in [-0.2, -0.15) is 0 Å². The Balaban J connectivity index is 1.89. The average molecular weight is 348 g/mol. The molecular weight excluding hydrogens is 316 g/mol. The molecule has 1 amide bonds. The fourth-order valence-electron chi connectivity index (χ4n) is 2.97. The molecule has 0 saturated carbocycles. The molecule has 1 aliphatic rings. The third-order valence-corrected chi connectivity index (χ3v) is 4.39. The monoisotopic (exact) mass is 348 g/mol. The van der Waals surface area contributed by atoms with Crippen molar-refractivity contribution < 1.29 is 14.3 Å². The molecule has 0 aromatic heterocycles. The van der Waals surface area contributed by atoms with Crippen LogP contribution in [0.1, 0.15) is 52.4 Å². The van der Waals surface area contributed by atoms with Crippen molar-refractivity contribution in [3.8, 4) is 11.5 Å². The molecule has 2 N–H and O–H groups in total. The van der Waals surface area contributed by atoms with Crippen LogP contribution in [0.3, 0.4) is 0 Å². The second kappa shape index (κ2) is 11.0. The van der Waals surface area contributed by atoms with Crippen molar-refractivity contribution in [3.63, 3.8) is 0 Å². The first-order valence-corrected chi connectivity index (χ1v) is 9.63. The number of hydrogen-bond donors (Lipinski definition) is 2. The molecule has 0 radical (unpaired) electrons.